The number of halogens is 1. The molecule has 1 aliphatic carbocycles. The smallest absolute Gasteiger partial charge is 0.124 e. The summed E-state index contributed by atoms with van der Waals surface area (Å²) in [7, 11) is 0. The summed E-state index contributed by atoms with van der Waals surface area (Å²) in [5, 5.41) is 0. The lowest BCUT2D eigenvalue weighted by atomic mass is 10.1. The molecule has 0 amide bonds. The van der Waals surface area contributed by atoms with Gasteiger partial charge in [-0.25, -0.2) is 4.39 Å². The summed E-state index contributed by atoms with van der Waals surface area (Å²) in [5.41, 5.74) is 6.64. The summed E-state index contributed by atoms with van der Waals surface area (Å²) in [4.78, 5) is 0. The number of hydrogen-bond acceptors (Lipinski definition) is 2. The lowest BCUT2D eigenvalue weighted by molar-refractivity contribution is 0.181. The van der Waals surface area contributed by atoms with Crippen molar-refractivity contribution in [3.8, 4) is 5.75 Å². The third-order valence-electron chi connectivity index (χ3n) is 3.56. The molecule has 2 nitrogen and oxygen atoms in total. The molecule has 1 aliphatic rings. The molecule has 2 N–H and O–H groups in total. The molecule has 0 aliphatic heterocycles. The maximum Gasteiger partial charge on any atom is 0.124 e. The number of hydrogen-bond donors (Lipinski definition) is 1. The molecule has 1 aromatic rings. The van der Waals surface area contributed by atoms with E-state index in [1.807, 2.05) is 6.92 Å². The third kappa shape index (κ3) is 3.45. The van der Waals surface area contributed by atoms with E-state index in [9.17, 15) is 4.39 Å². The predicted octanol–water partition coefficient (Wildman–Crippen LogP) is 3.95. The molecule has 100 valence electrons. The normalized spacial score (nSPS) is 19.3. The molecule has 1 fully saturated rings. The molecule has 0 aromatic heterocycles. The minimum atomic E-state index is -0.254. The van der Waals surface area contributed by atoms with Gasteiger partial charge in [0.15, 0.2) is 0 Å². The van der Waals surface area contributed by atoms with Crippen LogP contribution in [0, 0.1) is 5.82 Å². The highest BCUT2D eigenvalue weighted by Crippen LogP contribution is 2.29. The van der Waals surface area contributed by atoms with Crippen LogP contribution in [-0.2, 0) is 0 Å². The van der Waals surface area contributed by atoms with Gasteiger partial charge in [-0.15, -0.1) is 0 Å². The fourth-order valence-corrected chi connectivity index (χ4v) is 2.52. The molecule has 0 bridgehead atoms. The zero-order valence-corrected chi connectivity index (χ0v) is 11.0. The first kappa shape index (κ1) is 13.3. The van der Waals surface area contributed by atoms with Crippen molar-refractivity contribution < 1.29 is 9.13 Å². The molecule has 1 atom stereocenters. The van der Waals surface area contributed by atoms with Gasteiger partial charge in [-0.3, -0.25) is 0 Å². The van der Waals surface area contributed by atoms with Gasteiger partial charge in [0.2, 0.25) is 0 Å². The minimum absolute atomic E-state index is 0.207. The van der Waals surface area contributed by atoms with Crippen molar-refractivity contribution in [2.24, 2.45) is 5.73 Å². The summed E-state index contributed by atoms with van der Waals surface area (Å²) in [6, 6.07) is 4.43. The van der Waals surface area contributed by atoms with Crippen LogP contribution in [0.2, 0.25) is 0 Å². The first-order valence-corrected chi connectivity index (χ1v) is 6.88. The van der Waals surface area contributed by atoms with E-state index < -0.39 is 0 Å². The number of nitrogens with two attached hydrogens (primary N) is 1. The number of ether oxygens (including phenoxy) is 1. The second-order valence-electron chi connectivity index (χ2n) is 5.20. The van der Waals surface area contributed by atoms with E-state index in [0.717, 1.165) is 24.2 Å². The minimum Gasteiger partial charge on any atom is -0.490 e. The van der Waals surface area contributed by atoms with Gasteiger partial charge in [-0.05, 0) is 50.8 Å². The molecular weight excluding hydrogens is 229 g/mol. The maximum absolute atomic E-state index is 13.2. The molecule has 3 heteroatoms. The lowest BCUT2D eigenvalue weighted by Crippen LogP contribution is -2.17. The SMILES string of the molecule is CC(N)c1cc(F)ccc1OC1CCCCCC1. The van der Waals surface area contributed by atoms with Gasteiger partial charge in [0.25, 0.3) is 0 Å². The van der Waals surface area contributed by atoms with E-state index in [0.29, 0.717) is 0 Å². The van der Waals surface area contributed by atoms with Crippen LogP contribution < -0.4 is 10.5 Å². The topological polar surface area (TPSA) is 35.2 Å². The summed E-state index contributed by atoms with van der Waals surface area (Å²) >= 11 is 0. The third-order valence-corrected chi connectivity index (χ3v) is 3.56. The van der Waals surface area contributed by atoms with Gasteiger partial charge in [0, 0.05) is 11.6 Å². The van der Waals surface area contributed by atoms with Crippen LogP contribution in [0.1, 0.15) is 57.1 Å². The van der Waals surface area contributed by atoms with Crippen LogP contribution >= 0.6 is 0 Å². The Hall–Kier alpha value is -1.09. The number of benzene rings is 1. The highest BCUT2D eigenvalue weighted by atomic mass is 19.1. The fraction of sp³-hybridized carbons (Fsp3) is 0.600. The average molecular weight is 251 g/mol. The van der Waals surface area contributed by atoms with Gasteiger partial charge < -0.3 is 10.5 Å². The highest BCUT2D eigenvalue weighted by molar-refractivity contribution is 5.36. The first-order valence-electron chi connectivity index (χ1n) is 6.88. The summed E-state index contributed by atoms with van der Waals surface area (Å²) in [5.74, 6) is 0.494. The van der Waals surface area contributed by atoms with Crippen LogP contribution in [-0.4, -0.2) is 6.10 Å². The van der Waals surface area contributed by atoms with Crippen molar-refractivity contribution in [3.63, 3.8) is 0 Å². The Morgan fingerprint density at radius 1 is 1.22 bits per heavy atom. The van der Waals surface area contributed by atoms with Crippen molar-refractivity contribution in [3.05, 3.63) is 29.6 Å². The monoisotopic (exact) mass is 251 g/mol. The molecule has 1 aromatic carbocycles. The van der Waals surface area contributed by atoms with Crippen LogP contribution in [0.4, 0.5) is 4.39 Å². The van der Waals surface area contributed by atoms with Crippen molar-refractivity contribution in [2.75, 3.05) is 0 Å². The largest absolute Gasteiger partial charge is 0.490 e. The molecule has 18 heavy (non-hydrogen) atoms. The van der Waals surface area contributed by atoms with Crippen LogP contribution in [0.15, 0.2) is 18.2 Å². The zero-order valence-electron chi connectivity index (χ0n) is 11.0. The average Bonchev–Trinajstić information content (AvgIpc) is 2.60. The highest BCUT2D eigenvalue weighted by Gasteiger charge is 2.17. The molecular formula is C15H22FNO. The standard InChI is InChI=1S/C15H22FNO/c1-11(17)14-10-12(16)8-9-15(14)18-13-6-4-2-3-5-7-13/h8-11,13H,2-7,17H2,1H3. The Morgan fingerprint density at radius 2 is 1.89 bits per heavy atom. The van der Waals surface area contributed by atoms with Crippen molar-refractivity contribution in [1.29, 1.82) is 0 Å². The van der Waals surface area contributed by atoms with E-state index >= 15 is 0 Å². The molecule has 1 saturated carbocycles. The van der Waals surface area contributed by atoms with E-state index in [4.69, 9.17) is 10.5 Å². The van der Waals surface area contributed by atoms with E-state index in [1.54, 1.807) is 6.07 Å². The molecule has 0 heterocycles. The van der Waals surface area contributed by atoms with E-state index in [2.05, 4.69) is 0 Å². The van der Waals surface area contributed by atoms with Crippen molar-refractivity contribution in [1.82, 2.24) is 0 Å². The Labute approximate surface area is 108 Å². The Morgan fingerprint density at radius 3 is 2.50 bits per heavy atom. The second kappa shape index (κ2) is 6.19. The van der Waals surface area contributed by atoms with E-state index in [-0.39, 0.29) is 18.0 Å². The Bertz CT molecular complexity index is 384. The Balaban J connectivity index is 2.12. The van der Waals surface area contributed by atoms with Gasteiger partial charge in [-0.1, -0.05) is 12.8 Å². The summed E-state index contributed by atoms with van der Waals surface area (Å²) in [6.45, 7) is 1.86. The molecule has 0 radical (unpaired) electrons. The van der Waals surface area contributed by atoms with Crippen LogP contribution in [0.5, 0.6) is 5.75 Å². The molecule has 0 spiro atoms. The first-order chi connectivity index (χ1) is 8.66. The molecule has 2 rings (SSSR count). The summed E-state index contributed by atoms with van der Waals surface area (Å²) < 4.78 is 19.3. The van der Waals surface area contributed by atoms with Crippen molar-refractivity contribution in [2.45, 2.75) is 57.6 Å². The quantitative estimate of drug-likeness (QED) is 0.826. The second-order valence-corrected chi connectivity index (χ2v) is 5.20. The van der Waals surface area contributed by atoms with E-state index in [1.165, 1.54) is 37.8 Å². The van der Waals surface area contributed by atoms with Crippen molar-refractivity contribution >= 4 is 0 Å². The molecule has 1 unspecified atom stereocenters. The predicted molar refractivity (Wildman–Crippen MR) is 71.1 cm³/mol. The van der Waals surface area contributed by atoms with Crippen LogP contribution in [0.3, 0.4) is 0 Å². The zero-order chi connectivity index (χ0) is 13.0. The lowest BCUT2D eigenvalue weighted by Gasteiger charge is -2.20. The van der Waals surface area contributed by atoms with Crippen LogP contribution in [0.25, 0.3) is 0 Å². The Kier molecular flexibility index (Phi) is 4.59. The molecule has 0 saturated heterocycles. The van der Waals surface area contributed by atoms with Gasteiger partial charge in [-0.2, -0.15) is 0 Å². The van der Waals surface area contributed by atoms with Gasteiger partial charge in [0.1, 0.15) is 11.6 Å². The number of rotatable bonds is 3. The maximum atomic E-state index is 13.2. The van der Waals surface area contributed by atoms with Gasteiger partial charge >= 0.3 is 0 Å². The fourth-order valence-electron chi connectivity index (χ4n) is 2.52. The summed E-state index contributed by atoms with van der Waals surface area (Å²) in [6.07, 6.45) is 7.48. The van der Waals surface area contributed by atoms with Gasteiger partial charge in [0.05, 0.1) is 6.10 Å².